The molecule has 0 aromatic heterocycles. The molecule has 1 aromatic rings. The number of likely N-dealkylation sites (N-methyl/N-ethyl adjacent to an activating group) is 1. The number of aliphatic hydroxyl groups excluding tert-OH is 2. The standard InChI is InChI=1S/C11H14ClNO3/c1-13-5-10(15)11(16)7-2-3-9(12)8(4-7)6-14/h2-4,6,10-11,13,15-16H,5H2,1H3. The summed E-state index contributed by atoms with van der Waals surface area (Å²) in [6.07, 6.45) is -1.35. The van der Waals surface area contributed by atoms with Crippen molar-refractivity contribution in [1.82, 2.24) is 5.32 Å². The lowest BCUT2D eigenvalue weighted by molar-refractivity contribution is 0.0202. The average molecular weight is 244 g/mol. The Labute approximate surface area is 98.9 Å². The Morgan fingerprint density at radius 1 is 1.50 bits per heavy atom. The molecule has 3 N–H and O–H groups in total. The van der Waals surface area contributed by atoms with E-state index in [4.69, 9.17) is 11.6 Å². The lowest BCUT2D eigenvalue weighted by Gasteiger charge is -2.18. The van der Waals surface area contributed by atoms with Crippen LogP contribution >= 0.6 is 11.6 Å². The van der Waals surface area contributed by atoms with Crippen molar-refractivity contribution in [3.05, 3.63) is 34.3 Å². The predicted octanol–water partition coefficient (Wildman–Crippen LogP) is 0.766. The van der Waals surface area contributed by atoms with Gasteiger partial charge in [0, 0.05) is 12.1 Å². The van der Waals surface area contributed by atoms with Gasteiger partial charge in [0.2, 0.25) is 0 Å². The fraction of sp³-hybridized carbons (Fsp3) is 0.364. The molecule has 0 fully saturated rings. The van der Waals surface area contributed by atoms with E-state index in [1.807, 2.05) is 0 Å². The molecule has 0 saturated carbocycles. The van der Waals surface area contributed by atoms with Crippen LogP contribution in [0.2, 0.25) is 5.02 Å². The molecule has 0 bridgehead atoms. The van der Waals surface area contributed by atoms with Crippen LogP contribution in [-0.2, 0) is 0 Å². The van der Waals surface area contributed by atoms with Gasteiger partial charge in [0.25, 0.3) is 0 Å². The van der Waals surface area contributed by atoms with E-state index in [0.29, 0.717) is 22.4 Å². The van der Waals surface area contributed by atoms with Crippen LogP contribution in [0.3, 0.4) is 0 Å². The number of rotatable bonds is 5. The Hall–Kier alpha value is -0.940. The third-order valence-electron chi connectivity index (χ3n) is 2.27. The van der Waals surface area contributed by atoms with Gasteiger partial charge in [-0.05, 0) is 24.7 Å². The van der Waals surface area contributed by atoms with Crippen molar-refractivity contribution in [1.29, 1.82) is 0 Å². The van der Waals surface area contributed by atoms with Gasteiger partial charge < -0.3 is 15.5 Å². The highest BCUT2D eigenvalue weighted by Gasteiger charge is 2.18. The first-order valence-corrected chi connectivity index (χ1v) is 5.23. The fourth-order valence-corrected chi connectivity index (χ4v) is 1.54. The molecule has 0 saturated heterocycles. The number of hydrogen-bond donors (Lipinski definition) is 3. The fourth-order valence-electron chi connectivity index (χ4n) is 1.38. The second-order valence-electron chi connectivity index (χ2n) is 3.47. The Balaban J connectivity index is 2.91. The molecule has 0 radical (unpaired) electrons. The maximum atomic E-state index is 10.7. The number of benzene rings is 1. The van der Waals surface area contributed by atoms with Gasteiger partial charge in [-0.15, -0.1) is 0 Å². The highest BCUT2D eigenvalue weighted by molar-refractivity contribution is 6.32. The molecule has 0 aliphatic heterocycles. The summed E-state index contributed by atoms with van der Waals surface area (Å²) in [7, 11) is 1.68. The van der Waals surface area contributed by atoms with Crippen molar-refractivity contribution >= 4 is 17.9 Å². The van der Waals surface area contributed by atoms with E-state index in [0.717, 1.165) is 0 Å². The highest BCUT2D eigenvalue weighted by atomic mass is 35.5. The zero-order chi connectivity index (χ0) is 12.1. The molecular formula is C11H14ClNO3. The zero-order valence-corrected chi connectivity index (χ0v) is 9.61. The van der Waals surface area contributed by atoms with Crippen LogP contribution in [0.1, 0.15) is 22.0 Å². The molecule has 2 unspecified atom stereocenters. The normalized spacial score (nSPS) is 14.5. The van der Waals surface area contributed by atoms with Crippen LogP contribution in [0, 0.1) is 0 Å². The number of carbonyl (C=O) groups excluding carboxylic acids is 1. The van der Waals surface area contributed by atoms with E-state index in [1.54, 1.807) is 13.1 Å². The third kappa shape index (κ3) is 3.02. The van der Waals surface area contributed by atoms with Gasteiger partial charge >= 0.3 is 0 Å². The molecule has 2 atom stereocenters. The molecule has 0 aliphatic carbocycles. The first kappa shape index (κ1) is 13.1. The number of hydrogen-bond acceptors (Lipinski definition) is 4. The molecule has 1 aromatic carbocycles. The largest absolute Gasteiger partial charge is 0.389 e. The summed E-state index contributed by atoms with van der Waals surface area (Å²) in [5.74, 6) is 0. The van der Waals surface area contributed by atoms with Crippen LogP contribution in [0.15, 0.2) is 18.2 Å². The number of nitrogens with one attached hydrogen (secondary N) is 1. The lowest BCUT2D eigenvalue weighted by atomic mass is 10.0. The SMILES string of the molecule is CNCC(O)C(O)c1ccc(Cl)c(C=O)c1. The molecular weight excluding hydrogens is 230 g/mol. The Bertz CT molecular complexity index is 370. The van der Waals surface area contributed by atoms with Gasteiger partial charge in [-0.25, -0.2) is 0 Å². The van der Waals surface area contributed by atoms with E-state index in [1.165, 1.54) is 12.1 Å². The predicted molar refractivity (Wildman–Crippen MR) is 61.7 cm³/mol. The first-order valence-electron chi connectivity index (χ1n) is 4.85. The van der Waals surface area contributed by atoms with Crippen LogP contribution in [0.25, 0.3) is 0 Å². The van der Waals surface area contributed by atoms with Gasteiger partial charge in [-0.3, -0.25) is 4.79 Å². The summed E-state index contributed by atoms with van der Waals surface area (Å²) in [6.45, 7) is 0.264. The van der Waals surface area contributed by atoms with Gasteiger partial charge in [0.1, 0.15) is 6.10 Å². The van der Waals surface area contributed by atoms with E-state index in [2.05, 4.69) is 5.32 Å². The lowest BCUT2D eigenvalue weighted by Crippen LogP contribution is -2.29. The second kappa shape index (κ2) is 5.96. The van der Waals surface area contributed by atoms with E-state index < -0.39 is 12.2 Å². The van der Waals surface area contributed by atoms with Crippen LogP contribution < -0.4 is 5.32 Å². The summed E-state index contributed by atoms with van der Waals surface area (Å²) in [4.78, 5) is 10.7. The van der Waals surface area contributed by atoms with Crippen molar-refractivity contribution in [2.45, 2.75) is 12.2 Å². The topological polar surface area (TPSA) is 69.6 Å². The maximum Gasteiger partial charge on any atom is 0.151 e. The zero-order valence-electron chi connectivity index (χ0n) is 8.85. The molecule has 4 nitrogen and oxygen atoms in total. The smallest absolute Gasteiger partial charge is 0.151 e. The summed E-state index contributed by atoms with van der Waals surface area (Å²) in [5, 5.41) is 22.4. The molecule has 0 heterocycles. The second-order valence-corrected chi connectivity index (χ2v) is 3.88. The summed E-state index contributed by atoms with van der Waals surface area (Å²) in [5.41, 5.74) is 0.768. The van der Waals surface area contributed by atoms with Crippen LogP contribution in [0.5, 0.6) is 0 Å². The molecule has 0 amide bonds. The minimum atomic E-state index is -1.04. The Morgan fingerprint density at radius 2 is 2.19 bits per heavy atom. The summed E-state index contributed by atoms with van der Waals surface area (Å²) >= 11 is 5.75. The van der Waals surface area contributed by atoms with Crippen molar-refractivity contribution in [3.8, 4) is 0 Å². The Morgan fingerprint density at radius 3 is 2.75 bits per heavy atom. The maximum absolute atomic E-state index is 10.7. The minimum Gasteiger partial charge on any atom is -0.389 e. The number of carbonyl (C=O) groups is 1. The molecule has 16 heavy (non-hydrogen) atoms. The van der Waals surface area contributed by atoms with Crippen molar-refractivity contribution in [2.24, 2.45) is 0 Å². The van der Waals surface area contributed by atoms with Crippen LogP contribution in [-0.4, -0.2) is 36.2 Å². The summed E-state index contributed by atoms with van der Waals surface area (Å²) in [6, 6.07) is 4.58. The van der Waals surface area contributed by atoms with Crippen molar-refractivity contribution in [3.63, 3.8) is 0 Å². The average Bonchev–Trinajstić information content (AvgIpc) is 2.29. The van der Waals surface area contributed by atoms with Gasteiger partial charge in [0.15, 0.2) is 6.29 Å². The number of halogens is 1. The van der Waals surface area contributed by atoms with Crippen molar-refractivity contribution in [2.75, 3.05) is 13.6 Å². The molecule has 1 rings (SSSR count). The number of aldehydes is 1. The minimum absolute atomic E-state index is 0.264. The van der Waals surface area contributed by atoms with E-state index >= 15 is 0 Å². The van der Waals surface area contributed by atoms with Gasteiger partial charge in [0.05, 0.1) is 11.1 Å². The molecule has 0 aliphatic rings. The Kier molecular flexibility index (Phi) is 4.89. The first-order chi connectivity index (χ1) is 7.60. The van der Waals surface area contributed by atoms with Gasteiger partial charge in [-0.2, -0.15) is 0 Å². The molecule has 5 heteroatoms. The van der Waals surface area contributed by atoms with E-state index in [-0.39, 0.29) is 6.54 Å². The number of aliphatic hydroxyl groups is 2. The van der Waals surface area contributed by atoms with Gasteiger partial charge in [-0.1, -0.05) is 17.7 Å². The quantitative estimate of drug-likeness (QED) is 0.668. The van der Waals surface area contributed by atoms with Crippen molar-refractivity contribution < 1.29 is 15.0 Å². The molecule has 0 spiro atoms. The van der Waals surface area contributed by atoms with Crippen LogP contribution in [0.4, 0.5) is 0 Å². The monoisotopic (exact) mass is 243 g/mol. The highest BCUT2D eigenvalue weighted by Crippen LogP contribution is 2.22. The van der Waals surface area contributed by atoms with E-state index in [9.17, 15) is 15.0 Å². The molecule has 88 valence electrons. The third-order valence-corrected chi connectivity index (χ3v) is 2.61. The summed E-state index contributed by atoms with van der Waals surface area (Å²) < 4.78 is 0.